The molecule has 0 bridgehead atoms. The predicted molar refractivity (Wildman–Crippen MR) is 84.8 cm³/mol. The summed E-state index contributed by atoms with van der Waals surface area (Å²) in [5.74, 6) is -0.984. The van der Waals surface area contributed by atoms with Gasteiger partial charge in [-0.15, -0.1) is 0 Å². The third kappa shape index (κ3) is 3.58. The van der Waals surface area contributed by atoms with E-state index in [-0.39, 0.29) is 0 Å². The standard InChI is InChI=1S/C14H12Br2N2O2/c1-8-3-2-4-10(5-8)18-13(14(19)20)12-11(16)6-9(15)7-17-12/h2-7,13,18H,1H3,(H,19,20). The summed E-state index contributed by atoms with van der Waals surface area (Å²) in [4.78, 5) is 15.7. The number of nitrogens with zero attached hydrogens (tertiary/aromatic N) is 1. The van der Waals surface area contributed by atoms with Gasteiger partial charge in [-0.3, -0.25) is 4.98 Å². The minimum Gasteiger partial charge on any atom is -0.479 e. The highest BCUT2D eigenvalue weighted by Gasteiger charge is 2.23. The number of rotatable bonds is 4. The Hall–Kier alpha value is -1.40. The Morgan fingerprint density at radius 3 is 2.70 bits per heavy atom. The first-order valence-electron chi connectivity index (χ1n) is 5.84. The topological polar surface area (TPSA) is 62.2 Å². The summed E-state index contributed by atoms with van der Waals surface area (Å²) >= 11 is 6.65. The maximum atomic E-state index is 11.5. The van der Waals surface area contributed by atoms with Crippen molar-refractivity contribution in [1.29, 1.82) is 0 Å². The third-order valence-electron chi connectivity index (χ3n) is 2.69. The fourth-order valence-corrected chi connectivity index (χ4v) is 3.00. The highest BCUT2D eigenvalue weighted by atomic mass is 79.9. The molecule has 0 amide bonds. The number of hydrogen-bond donors (Lipinski definition) is 2. The van der Waals surface area contributed by atoms with Crippen LogP contribution in [0.3, 0.4) is 0 Å². The Balaban J connectivity index is 2.34. The Bertz CT molecular complexity index is 647. The number of halogens is 2. The molecule has 0 aliphatic carbocycles. The van der Waals surface area contributed by atoms with E-state index in [4.69, 9.17) is 0 Å². The number of carboxylic acid groups (broad SMARTS) is 1. The largest absolute Gasteiger partial charge is 0.479 e. The van der Waals surface area contributed by atoms with Crippen molar-refractivity contribution in [3.63, 3.8) is 0 Å². The van der Waals surface area contributed by atoms with Gasteiger partial charge < -0.3 is 10.4 Å². The van der Waals surface area contributed by atoms with Crippen molar-refractivity contribution in [2.75, 3.05) is 5.32 Å². The number of anilines is 1. The molecule has 0 spiro atoms. The van der Waals surface area contributed by atoms with Gasteiger partial charge in [-0.1, -0.05) is 12.1 Å². The van der Waals surface area contributed by atoms with Gasteiger partial charge in [0.05, 0.1) is 5.69 Å². The summed E-state index contributed by atoms with van der Waals surface area (Å²) in [5, 5.41) is 12.4. The molecule has 0 aliphatic heterocycles. The molecule has 1 unspecified atom stereocenters. The summed E-state index contributed by atoms with van der Waals surface area (Å²) in [6, 6.07) is 8.41. The molecule has 104 valence electrons. The highest BCUT2D eigenvalue weighted by molar-refractivity contribution is 9.11. The molecule has 4 nitrogen and oxygen atoms in total. The van der Waals surface area contributed by atoms with Crippen LogP contribution in [0.1, 0.15) is 17.3 Å². The first-order valence-corrected chi connectivity index (χ1v) is 7.43. The van der Waals surface area contributed by atoms with Crippen molar-refractivity contribution in [2.45, 2.75) is 13.0 Å². The Kier molecular flexibility index (Phi) is 4.77. The Morgan fingerprint density at radius 2 is 2.10 bits per heavy atom. The maximum Gasteiger partial charge on any atom is 0.332 e. The fourth-order valence-electron chi connectivity index (χ4n) is 1.79. The second-order valence-electron chi connectivity index (χ2n) is 4.31. The van der Waals surface area contributed by atoms with Gasteiger partial charge in [-0.05, 0) is 62.5 Å². The molecule has 0 fully saturated rings. The van der Waals surface area contributed by atoms with Gasteiger partial charge in [0.25, 0.3) is 0 Å². The van der Waals surface area contributed by atoms with Crippen molar-refractivity contribution in [3.05, 3.63) is 56.7 Å². The van der Waals surface area contributed by atoms with Crippen molar-refractivity contribution >= 4 is 43.5 Å². The molecule has 1 aromatic heterocycles. The van der Waals surface area contributed by atoms with Gasteiger partial charge in [-0.2, -0.15) is 0 Å². The quantitative estimate of drug-likeness (QED) is 0.810. The molecule has 0 saturated heterocycles. The number of aliphatic carboxylic acids is 1. The summed E-state index contributed by atoms with van der Waals surface area (Å²) in [7, 11) is 0. The minimum absolute atomic E-state index is 0.433. The van der Waals surface area contributed by atoms with Crippen LogP contribution in [0.5, 0.6) is 0 Å². The summed E-state index contributed by atoms with van der Waals surface area (Å²) < 4.78 is 1.42. The molecular weight excluding hydrogens is 388 g/mol. The molecule has 0 saturated carbocycles. The Morgan fingerprint density at radius 1 is 1.35 bits per heavy atom. The molecule has 6 heteroatoms. The normalized spacial score (nSPS) is 11.9. The van der Waals surface area contributed by atoms with E-state index in [1.54, 1.807) is 12.3 Å². The van der Waals surface area contributed by atoms with Gasteiger partial charge in [0.1, 0.15) is 0 Å². The van der Waals surface area contributed by atoms with Crippen LogP contribution in [-0.4, -0.2) is 16.1 Å². The van der Waals surface area contributed by atoms with Crippen LogP contribution in [0.15, 0.2) is 45.5 Å². The zero-order valence-electron chi connectivity index (χ0n) is 10.6. The van der Waals surface area contributed by atoms with E-state index in [2.05, 4.69) is 42.2 Å². The molecule has 2 N–H and O–H groups in total. The van der Waals surface area contributed by atoms with Crippen LogP contribution in [0, 0.1) is 6.92 Å². The SMILES string of the molecule is Cc1cccc(NC(C(=O)O)c2ncc(Br)cc2Br)c1. The lowest BCUT2D eigenvalue weighted by molar-refractivity contribution is -0.138. The monoisotopic (exact) mass is 398 g/mol. The van der Waals surface area contributed by atoms with Crippen molar-refractivity contribution in [1.82, 2.24) is 4.98 Å². The highest BCUT2D eigenvalue weighted by Crippen LogP contribution is 2.27. The van der Waals surface area contributed by atoms with Gasteiger partial charge >= 0.3 is 5.97 Å². The molecule has 2 rings (SSSR count). The van der Waals surface area contributed by atoms with E-state index >= 15 is 0 Å². The van der Waals surface area contributed by atoms with Crippen LogP contribution in [0.2, 0.25) is 0 Å². The van der Waals surface area contributed by atoms with E-state index in [0.29, 0.717) is 10.2 Å². The van der Waals surface area contributed by atoms with Crippen LogP contribution >= 0.6 is 31.9 Å². The van der Waals surface area contributed by atoms with Crippen LogP contribution in [-0.2, 0) is 4.79 Å². The predicted octanol–water partition coefficient (Wildman–Crippen LogP) is 4.15. The molecule has 20 heavy (non-hydrogen) atoms. The lowest BCUT2D eigenvalue weighted by Gasteiger charge is -2.17. The summed E-state index contributed by atoms with van der Waals surface area (Å²) in [5.41, 5.74) is 2.23. The van der Waals surface area contributed by atoms with Crippen LogP contribution < -0.4 is 5.32 Å². The number of aromatic nitrogens is 1. The summed E-state index contributed by atoms with van der Waals surface area (Å²) in [6.07, 6.45) is 1.58. The third-order valence-corrected chi connectivity index (χ3v) is 3.75. The molecule has 1 aromatic carbocycles. The molecule has 1 heterocycles. The van der Waals surface area contributed by atoms with E-state index in [1.807, 2.05) is 31.2 Å². The number of carboxylic acids is 1. The van der Waals surface area contributed by atoms with Crippen molar-refractivity contribution < 1.29 is 9.90 Å². The second kappa shape index (κ2) is 6.37. The molecule has 2 aromatic rings. The van der Waals surface area contributed by atoms with Crippen LogP contribution in [0.4, 0.5) is 5.69 Å². The number of nitrogens with one attached hydrogen (secondary N) is 1. The van der Waals surface area contributed by atoms with Crippen molar-refractivity contribution in [3.8, 4) is 0 Å². The van der Waals surface area contributed by atoms with Gasteiger partial charge in [0.2, 0.25) is 0 Å². The van der Waals surface area contributed by atoms with E-state index in [9.17, 15) is 9.90 Å². The van der Waals surface area contributed by atoms with Gasteiger partial charge in [0, 0.05) is 20.8 Å². The maximum absolute atomic E-state index is 11.5. The number of hydrogen-bond acceptors (Lipinski definition) is 3. The van der Waals surface area contributed by atoms with Crippen LogP contribution in [0.25, 0.3) is 0 Å². The molecular formula is C14H12Br2N2O2. The Labute approximate surface area is 133 Å². The lowest BCUT2D eigenvalue weighted by atomic mass is 10.1. The van der Waals surface area contributed by atoms with Crippen molar-refractivity contribution in [2.24, 2.45) is 0 Å². The number of carbonyl (C=O) groups is 1. The zero-order valence-corrected chi connectivity index (χ0v) is 13.8. The zero-order chi connectivity index (χ0) is 14.7. The minimum atomic E-state index is -0.984. The van der Waals surface area contributed by atoms with E-state index in [1.165, 1.54) is 0 Å². The fraction of sp³-hybridized carbons (Fsp3) is 0.143. The van der Waals surface area contributed by atoms with E-state index in [0.717, 1.165) is 15.7 Å². The number of benzene rings is 1. The first kappa shape index (κ1) is 15.0. The first-order chi connectivity index (χ1) is 9.47. The van der Waals surface area contributed by atoms with Gasteiger partial charge in [0.15, 0.2) is 6.04 Å². The average Bonchev–Trinajstić information content (AvgIpc) is 2.36. The molecule has 0 radical (unpaired) electrons. The average molecular weight is 400 g/mol. The smallest absolute Gasteiger partial charge is 0.332 e. The molecule has 0 aliphatic rings. The number of aryl methyl sites for hydroxylation is 1. The summed E-state index contributed by atoms with van der Waals surface area (Å²) in [6.45, 7) is 1.95. The molecule has 1 atom stereocenters. The lowest BCUT2D eigenvalue weighted by Crippen LogP contribution is -2.22. The number of pyridine rings is 1. The second-order valence-corrected chi connectivity index (χ2v) is 6.08. The van der Waals surface area contributed by atoms with Gasteiger partial charge in [-0.25, -0.2) is 4.79 Å². The van der Waals surface area contributed by atoms with E-state index < -0.39 is 12.0 Å².